The van der Waals surface area contributed by atoms with Crippen LogP contribution in [0.2, 0.25) is 0 Å². The maximum atomic E-state index is 12.5. The van der Waals surface area contributed by atoms with Crippen molar-refractivity contribution in [1.82, 2.24) is 19.9 Å². The van der Waals surface area contributed by atoms with Crippen molar-refractivity contribution in [3.63, 3.8) is 0 Å². The van der Waals surface area contributed by atoms with E-state index in [1.807, 2.05) is 13.0 Å². The van der Waals surface area contributed by atoms with E-state index < -0.39 is 11.9 Å². The molecule has 2 atom stereocenters. The lowest BCUT2D eigenvalue weighted by atomic mass is 9.85. The maximum Gasteiger partial charge on any atom is 0.338 e. The molecule has 40 heavy (non-hydrogen) atoms. The topological polar surface area (TPSA) is 132 Å². The molecule has 2 aliphatic heterocycles. The molecular formula is C32H36N4O4. The van der Waals surface area contributed by atoms with E-state index in [2.05, 4.69) is 56.7 Å². The maximum absolute atomic E-state index is 12.5. The summed E-state index contributed by atoms with van der Waals surface area (Å²) in [7, 11) is 0. The number of rotatable bonds is 5. The van der Waals surface area contributed by atoms with Gasteiger partial charge in [-0.05, 0) is 99.0 Å². The number of allylic oxidation sites excluding steroid dienone is 1. The highest BCUT2D eigenvalue weighted by molar-refractivity contribution is 6.24. The van der Waals surface area contributed by atoms with E-state index in [-0.39, 0.29) is 23.8 Å². The normalized spacial score (nSPS) is 17.0. The lowest BCUT2D eigenvalue weighted by molar-refractivity contribution is -0.137. The minimum Gasteiger partial charge on any atom is -0.481 e. The van der Waals surface area contributed by atoms with Crippen LogP contribution >= 0.6 is 0 Å². The molecule has 0 amide bonds. The van der Waals surface area contributed by atoms with E-state index in [0.717, 1.165) is 56.4 Å². The van der Waals surface area contributed by atoms with Gasteiger partial charge < -0.3 is 20.2 Å². The third-order valence-electron chi connectivity index (χ3n) is 8.83. The fraction of sp³-hybridized carbons (Fsp3) is 0.375. The van der Waals surface area contributed by atoms with Gasteiger partial charge in [0.05, 0.1) is 17.0 Å². The van der Waals surface area contributed by atoms with Crippen LogP contribution in [0.5, 0.6) is 0 Å². The van der Waals surface area contributed by atoms with Gasteiger partial charge in [0.2, 0.25) is 0 Å². The van der Waals surface area contributed by atoms with Crippen LogP contribution in [0.3, 0.4) is 0 Å². The highest BCUT2D eigenvalue weighted by atomic mass is 16.4. The number of aromatic amines is 2. The number of carboxylic acids is 2. The fourth-order valence-corrected chi connectivity index (χ4v) is 6.18. The zero-order chi connectivity index (χ0) is 29.0. The van der Waals surface area contributed by atoms with E-state index in [1.165, 1.54) is 0 Å². The molecule has 0 aliphatic carbocycles. The lowest BCUT2D eigenvalue weighted by Gasteiger charge is -2.16. The van der Waals surface area contributed by atoms with Crippen molar-refractivity contribution in [1.29, 1.82) is 0 Å². The summed E-state index contributed by atoms with van der Waals surface area (Å²) in [6.45, 7) is 14.1. The van der Waals surface area contributed by atoms with Crippen molar-refractivity contribution in [3.05, 3.63) is 68.8 Å². The van der Waals surface area contributed by atoms with Gasteiger partial charge in [0, 0.05) is 51.7 Å². The van der Waals surface area contributed by atoms with Crippen LogP contribution in [0.4, 0.5) is 0 Å². The minimum absolute atomic E-state index is 0.000692. The molecule has 8 heteroatoms. The first-order valence-electron chi connectivity index (χ1n) is 13.8. The zero-order valence-electron chi connectivity index (χ0n) is 24.1. The van der Waals surface area contributed by atoms with Crippen molar-refractivity contribution in [3.8, 4) is 0 Å². The second kappa shape index (κ2) is 10.1. The highest BCUT2D eigenvalue weighted by Gasteiger charge is 2.33. The molecule has 3 aromatic rings. The standard InChI is InChI=1S/C32H36N4O4/c1-8-20-16(4)24-11-22-14(2)15(3)23(33-22)12-25-17(5)21(9-10-28(37)38)30(35-25)19(7)31-29(32(39)40)18(6)26(36-31)13-27(20)34-24/h11-13,17,21,33-34H,8-10H2,1-7H3,(H,37,38)(H,39,40)/t17-,21-/m0/s1. The molecule has 5 rings (SSSR count). The summed E-state index contributed by atoms with van der Waals surface area (Å²) in [5, 5.41) is 19.7. The van der Waals surface area contributed by atoms with E-state index in [0.29, 0.717) is 34.6 Å². The second-order valence-electron chi connectivity index (χ2n) is 11.1. The van der Waals surface area contributed by atoms with Gasteiger partial charge in [-0.3, -0.25) is 9.78 Å². The van der Waals surface area contributed by atoms with Crippen molar-refractivity contribution in [2.45, 2.75) is 79.6 Å². The molecule has 0 spiro atoms. The quantitative estimate of drug-likeness (QED) is 0.279. The zero-order valence-corrected chi connectivity index (χ0v) is 24.1. The van der Waals surface area contributed by atoms with E-state index in [1.54, 1.807) is 6.92 Å². The molecule has 0 saturated heterocycles. The Morgan fingerprint density at radius 3 is 2.10 bits per heavy atom. The summed E-state index contributed by atoms with van der Waals surface area (Å²) in [6.07, 6.45) is 1.21. The number of aliphatic carboxylic acids is 2. The number of fused-ring (bicyclic) bond motifs is 8. The minimum atomic E-state index is -1.04. The summed E-state index contributed by atoms with van der Waals surface area (Å²) in [6, 6.07) is 6.12. The number of aryl methyl sites for hydroxylation is 4. The first-order valence-corrected chi connectivity index (χ1v) is 13.8. The highest BCUT2D eigenvalue weighted by Crippen LogP contribution is 2.43. The lowest BCUT2D eigenvalue weighted by Crippen LogP contribution is -2.08. The molecule has 8 bridgehead atoms. The Morgan fingerprint density at radius 1 is 0.850 bits per heavy atom. The van der Waals surface area contributed by atoms with Gasteiger partial charge in [0.1, 0.15) is 0 Å². The molecule has 0 fully saturated rings. The largest absolute Gasteiger partial charge is 0.481 e. The molecule has 4 N–H and O–H groups in total. The number of nitrogens with zero attached hydrogens (tertiary/aromatic N) is 2. The Bertz CT molecular complexity index is 1770. The molecule has 0 saturated carbocycles. The number of H-pyrrole nitrogens is 2. The van der Waals surface area contributed by atoms with Crippen LogP contribution < -0.4 is 0 Å². The fourth-order valence-electron chi connectivity index (χ4n) is 6.18. The Kier molecular flexibility index (Phi) is 6.90. The molecule has 0 aromatic carbocycles. The first kappa shape index (κ1) is 27.4. The van der Waals surface area contributed by atoms with Crippen molar-refractivity contribution < 1.29 is 19.8 Å². The number of hydrogen-bond donors (Lipinski definition) is 4. The molecule has 3 aromatic heterocycles. The third kappa shape index (κ3) is 4.41. The monoisotopic (exact) mass is 540 g/mol. The Balaban J connectivity index is 1.97. The molecule has 5 heterocycles. The number of aromatic nitrogens is 4. The van der Waals surface area contributed by atoms with Crippen LogP contribution in [0.1, 0.15) is 96.0 Å². The predicted molar refractivity (Wildman–Crippen MR) is 157 cm³/mol. The van der Waals surface area contributed by atoms with Crippen LogP contribution in [-0.2, 0) is 16.0 Å². The van der Waals surface area contributed by atoms with E-state index >= 15 is 0 Å². The average Bonchev–Trinajstić information content (AvgIpc) is 3.57. The van der Waals surface area contributed by atoms with Crippen LogP contribution in [0.25, 0.3) is 33.2 Å². The van der Waals surface area contributed by atoms with Gasteiger partial charge in [-0.15, -0.1) is 0 Å². The third-order valence-corrected chi connectivity index (χ3v) is 8.83. The van der Waals surface area contributed by atoms with Gasteiger partial charge in [-0.1, -0.05) is 13.8 Å². The first-order chi connectivity index (χ1) is 18.9. The van der Waals surface area contributed by atoms with Gasteiger partial charge in [-0.2, -0.15) is 0 Å². The molecule has 208 valence electrons. The van der Waals surface area contributed by atoms with Crippen LogP contribution in [0, 0.1) is 27.7 Å². The van der Waals surface area contributed by atoms with Gasteiger partial charge in [-0.25, -0.2) is 9.78 Å². The number of hydrogen-bond acceptors (Lipinski definition) is 4. The van der Waals surface area contributed by atoms with Gasteiger partial charge >= 0.3 is 11.9 Å². The number of carbonyl (C=O) groups is 2. The molecule has 2 aliphatic rings. The summed E-state index contributed by atoms with van der Waals surface area (Å²) in [4.78, 5) is 41.1. The second-order valence-corrected chi connectivity index (χ2v) is 11.1. The number of carboxylic acid groups (broad SMARTS) is 2. The number of nitrogens with one attached hydrogen (secondary N) is 2. The summed E-state index contributed by atoms with van der Waals surface area (Å²) < 4.78 is 0. The van der Waals surface area contributed by atoms with Crippen LogP contribution in [0.15, 0.2) is 18.2 Å². The molecule has 0 unspecified atom stereocenters. The van der Waals surface area contributed by atoms with Crippen molar-refractivity contribution >= 4 is 45.2 Å². The SMILES string of the molecule is CCc1c(C)c2cc3[nH]c(cc4nc(c(C)c5nc(cc1[nH]2)C(C)=C5C(=O)O)[C@@H](CCC(=O)O)[C@@H]4C)c(C)c3C. The van der Waals surface area contributed by atoms with Gasteiger partial charge in [0.25, 0.3) is 0 Å². The average molecular weight is 541 g/mol. The molecule has 0 radical (unpaired) electrons. The van der Waals surface area contributed by atoms with E-state index in [9.17, 15) is 19.8 Å². The van der Waals surface area contributed by atoms with Crippen LogP contribution in [-0.4, -0.2) is 42.1 Å². The summed E-state index contributed by atoms with van der Waals surface area (Å²) >= 11 is 0. The van der Waals surface area contributed by atoms with E-state index in [4.69, 9.17) is 9.97 Å². The molecule has 8 nitrogen and oxygen atoms in total. The summed E-state index contributed by atoms with van der Waals surface area (Å²) in [5.41, 5.74) is 12.4. The van der Waals surface area contributed by atoms with Gasteiger partial charge in [0.15, 0.2) is 0 Å². The Labute approximate surface area is 233 Å². The van der Waals surface area contributed by atoms with Crippen molar-refractivity contribution in [2.75, 3.05) is 0 Å². The smallest absolute Gasteiger partial charge is 0.338 e. The van der Waals surface area contributed by atoms with Crippen molar-refractivity contribution in [2.24, 2.45) is 0 Å². The predicted octanol–water partition coefficient (Wildman–Crippen LogP) is 6.88. The summed E-state index contributed by atoms with van der Waals surface area (Å²) in [5.74, 6) is -2.14. The Hall–Kier alpha value is -4.20. The molecular weight excluding hydrogens is 504 g/mol. The Morgan fingerprint density at radius 2 is 1.48 bits per heavy atom.